The molecule has 1 aromatic rings. The van der Waals surface area contributed by atoms with E-state index in [1.54, 1.807) is 4.90 Å². The third-order valence-electron chi connectivity index (χ3n) is 5.39. The minimum Gasteiger partial charge on any atom is -0.360 e. The number of carbonyl (C=O) groups is 2. The number of amides is 2. The lowest BCUT2D eigenvalue weighted by Crippen LogP contribution is -2.44. The van der Waals surface area contributed by atoms with Crippen LogP contribution in [0.15, 0.2) is 42.5 Å². The molecule has 1 saturated carbocycles. The lowest BCUT2D eigenvalue weighted by Gasteiger charge is -2.23. The van der Waals surface area contributed by atoms with Crippen LogP contribution >= 0.6 is 0 Å². The van der Waals surface area contributed by atoms with Crippen LogP contribution in [0.1, 0.15) is 12.8 Å². The van der Waals surface area contributed by atoms with Crippen molar-refractivity contribution < 1.29 is 14.3 Å². The van der Waals surface area contributed by atoms with Gasteiger partial charge in [-0.3, -0.25) is 9.59 Å². The normalized spacial score (nSPS) is 37.3. The molecule has 2 bridgehead atoms. The predicted molar refractivity (Wildman–Crippen MR) is 83.7 cm³/mol. The maximum atomic E-state index is 13.0. The summed E-state index contributed by atoms with van der Waals surface area (Å²) in [5.74, 6) is -0.839. The first kappa shape index (κ1) is 13.3. The van der Waals surface area contributed by atoms with Crippen LogP contribution in [0.5, 0.6) is 0 Å². The van der Waals surface area contributed by atoms with Gasteiger partial charge in [-0.2, -0.15) is 0 Å². The van der Waals surface area contributed by atoms with Crippen molar-refractivity contribution in [2.24, 2.45) is 11.8 Å². The second-order valence-electron chi connectivity index (χ2n) is 6.94. The van der Waals surface area contributed by atoms with E-state index in [9.17, 15) is 9.59 Å². The molecule has 5 heteroatoms. The largest absolute Gasteiger partial charge is 0.360 e. The lowest BCUT2D eigenvalue weighted by atomic mass is 9.77. The molecule has 1 aromatic carbocycles. The summed E-state index contributed by atoms with van der Waals surface area (Å²) in [5, 5.41) is 3.04. The Bertz CT molecular complexity index is 712. The number of carbonyl (C=O) groups excluding carboxylic acids is 2. The number of hydrogen-bond acceptors (Lipinski definition) is 3. The van der Waals surface area contributed by atoms with E-state index in [1.807, 2.05) is 42.5 Å². The Balaban J connectivity index is 1.48. The maximum Gasteiger partial charge on any atom is 0.234 e. The first-order chi connectivity index (χ1) is 11.2. The van der Waals surface area contributed by atoms with Crippen LogP contribution in [-0.2, 0) is 14.3 Å². The monoisotopic (exact) mass is 310 g/mol. The number of rotatable bonds is 3. The number of hydrogen-bond donors (Lipinski definition) is 1. The van der Waals surface area contributed by atoms with Gasteiger partial charge in [0.2, 0.25) is 11.8 Å². The van der Waals surface area contributed by atoms with Crippen LogP contribution in [0.3, 0.4) is 0 Å². The van der Waals surface area contributed by atoms with Gasteiger partial charge in [-0.25, -0.2) is 0 Å². The van der Waals surface area contributed by atoms with E-state index in [-0.39, 0.29) is 17.9 Å². The van der Waals surface area contributed by atoms with Gasteiger partial charge in [-0.15, -0.1) is 0 Å². The summed E-state index contributed by atoms with van der Waals surface area (Å²) in [6.45, 7) is 0.487. The van der Waals surface area contributed by atoms with Gasteiger partial charge in [-0.1, -0.05) is 30.4 Å². The average Bonchev–Trinajstić information content (AvgIpc) is 3.09. The first-order valence-electron chi connectivity index (χ1n) is 8.22. The molecule has 5 rings (SSSR count). The second kappa shape index (κ2) is 4.45. The van der Waals surface area contributed by atoms with Crippen molar-refractivity contribution in [3.05, 3.63) is 42.5 Å². The van der Waals surface area contributed by atoms with E-state index in [4.69, 9.17) is 4.74 Å². The minimum atomic E-state index is -0.636. The maximum absolute atomic E-state index is 13.0. The van der Waals surface area contributed by atoms with Gasteiger partial charge in [0.1, 0.15) is 5.60 Å². The number of ether oxygens (including phenoxy) is 1. The molecular weight excluding hydrogens is 292 g/mol. The van der Waals surface area contributed by atoms with Gasteiger partial charge in [0.15, 0.2) is 0 Å². The van der Waals surface area contributed by atoms with Crippen molar-refractivity contribution >= 4 is 17.5 Å². The number of benzene rings is 1. The van der Waals surface area contributed by atoms with Crippen molar-refractivity contribution in [1.82, 2.24) is 5.32 Å². The molecule has 0 radical (unpaired) electrons. The topological polar surface area (TPSA) is 58.6 Å². The fourth-order valence-electron chi connectivity index (χ4n) is 4.15. The van der Waals surface area contributed by atoms with E-state index in [0.29, 0.717) is 12.6 Å². The number of para-hydroxylation sites is 1. The SMILES string of the molecule is O=C(NC1CC1)[C@H]1[C@H]2C=C[C@]3(CN(c4ccccc4)C(=O)[C@@H]13)O2. The lowest BCUT2D eigenvalue weighted by molar-refractivity contribution is -0.132. The molecule has 3 fully saturated rings. The summed E-state index contributed by atoms with van der Waals surface area (Å²) in [6, 6.07) is 9.90. The fraction of sp³-hybridized carbons (Fsp3) is 0.444. The molecule has 0 unspecified atom stereocenters. The Morgan fingerprint density at radius 1 is 1.26 bits per heavy atom. The van der Waals surface area contributed by atoms with Gasteiger partial charge in [0.05, 0.1) is 24.5 Å². The highest BCUT2D eigenvalue weighted by molar-refractivity contribution is 6.03. The van der Waals surface area contributed by atoms with Crippen molar-refractivity contribution in [1.29, 1.82) is 0 Å². The highest BCUT2D eigenvalue weighted by Gasteiger charge is 2.67. The Morgan fingerprint density at radius 3 is 2.78 bits per heavy atom. The molecule has 1 N–H and O–H groups in total. The molecular formula is C18H18N2O3. The standard InChI is InChI=1S/C18H18N2O3/c21-16(19-11-6-7-11)14-13-8-9-18(23-13)10-20(17(22)15(14)18)12-4-2-1-3-5-12/h1-5,8-9,11,13-15H,6-7,10H2,(H,19,21)/t13-,14+,15-,18-/m1/s1. The van der Waals surface area contributed by atoms with Crippen LogP contribution < -0.4 is 10.2 Å². The molecule has 2 saturated heterocycles. The van der Waals surface area contributed by atoms with Crippen LogP contribution in [0, 0.1) is 11.8 Å². The summed E-state index contributed by atoms with van der Waals surface area (Å²) < 4.78 is 6.11. The van der Waals surface area contributed by atoms with Gasteiger partial charge in [-0.05, 0) is 25.0 Å². The predicted octanol–water partition coefficient (Wildman–Crippen LogP) is 1.25. The molecule has 3 heterocycles. The van der Waals surface area contributed by atoms with Gasteiger partial charge >= 0.3 is 0 Å². The molecule has 23 heavy (non-hydrogen) atoms. The molecule has 1 aliphatic carbocycles. The second-order valence-corrected chi connectivity index (χ2v) is 6.94. The van der Waals surface area contributed by atoms with Crippen molar-refractivity contribution in [2.45, 2.75) is 30.6 Å². The zero-order valence-corrected chi connectivity index (χ0v) is 12.6. The molecule has 118 valence electrons. The summed E-state index contributed by atoms with van der Waals surface area (Å²) in [5.41, 5.74) is 0.228. The zero-order valence-electron chi connectivity index (χ0n) is 12.6. The van der Waals surface area contributed by atoms with Crippen LogP contribution in [0.25, 0.3) is 0 Å². The summed E-state index contributed by atoms with van der Waals surface area (Å²) in [7, 11) is 0. The van der Waals surface area contributed by atoms with Crippen LogP contribution in [0.2, 0.25) is 0 Å². The Kier molecular flexibility index (Phi) is 2.57. The Labute approximate surface area is 134 Å². The number of fused-ring (bicyclic) bond motifs is 1. The number of nitrogens with zero attached hydrogens (tertiary/aromatic N) is 1. The number of nitrogens with one attached hydrogen (secondary N) is 1. The molecule has 0 aromatic heterocycles. The molecule has 4 atom stereocenters. The molecule has 3 aliphatic heterocycles. The fourth-order valence-corrected chi connectivity index (χ4v) is 4.15. The smallest absolute Gasteiger partial charge is 0.234 e. The van der Waals surface area contributed by atoms with Crippen LogP contribution in [-0.4, -0.2) is 36.1 Å². The highest BCUT2D eigenvalue weighted by atomic mass is 16.5. The Morgan fingerprint density at radius 2 is 2.04 bits per heavy atom. The quantitative estimate of drug-likeness (QED) is 0.855. The third kappa shape index (κ3) is 1.83. The van der Waals surface area contributed by atoms with E-state index in [2.05, 4.69) is 5.32 Å². The zero-order chi connectivity index (χ0) is 15.6. The Hall–Kier alpha value is -2.14. The van der Waals surface area contributed by atoms with E-state index >= 15 is 0 Å². The van der Waals surface area contributed by atoms with Gasteiger partial charge in [0.25, 0.3) is 0 Å². The van der Waals surface area contributed by atoms with Gasteiger partial charge < -0.3 is 15.0 Å². The average molecular weight is 310 g/mol. The third-order valence-corrected chi connectivity index (χ3v) is 5.39. The van der Waals surface area contributed by atoms with E-state index in [0.717, 1.165) is 18.5 Å². The first-order valence-corrected chi connectivity index (χ1v) is 8.22. The highest BCUT2D eigenvalue weighted by Crippen LogP contribution is 2.52. The molecule has 5 nitrogen and oxygen atoms in total. The van der Waals surface area contributed by atoms with Crippen molar-refractivity contribution in [3.63, 3.8) is 0 Å². The molecule has 4 aliphatic rings. The van der Waals surface area contributed by atoms with Gasteiger partial charge in [0, 0.05) is 11.7 Å². The summed E-state index contributed by atoms with van der Waals surface area (Å²) >= 11 is 0. The van der Waals surface area contributed by atoms with E-state index < -0.39 is 17.4 Å². The minimum absolute atomic E-state index is 0.000929. The van der Waals surface area contributed by atoms with E-state index in [1.165, 1.54) is 0 Å². The van der Waals surface area contributed by atoms with Crippen molar-refractivity contribution in [3.8, 4) is 0 Å². The van der Waals surface area contributed by atoms with Crippen molar-refractivity contribution in [2.75, 3.05) is 11.4 Å². The number of anilines is 1. The van der Waals surface area contributed by atoms with Crippen LogP contribution in [0.4, 0.5) is 5.69 Å². The summed E-state index contributed by atoms with van der Waals surface area (Å²) in [4.78, 5) is 27.4. The summed E-state index contributed by atoms with van der Waals surface area (Å²) in [6.07, 6.45) is 5.76. The molecule has 2 amide bonds. The molecule has 1 spiro atoms.